The molecule has 2 unspecified atom stereocenters. The molecular formula is C20H22F2O5. The Balaban J connectivity index is 1.37. The molecule has 1 N–H and O–H groups in total. The smallest absolute Gasteiger partial charge is 0.387 e. The number of benzene rings is 1. The molecular weight excluding hydrogens is 358 g/mol. The summed E-state index contributed by atoms with van der Waals surface area (Å²) in [5.41, 5.74) is -1.18. The summed E-state index contributed by atoms with van der Waals surface area (Å²) >= 11 is 0. The van der Waals surface area contributed by atoms with Gasteiger partial charge in [0, 0.05) is 5.56 Å². The Bertz CT molecular complexity index is 731. The SMILES string of the molecule is O=C(COC(=O)C12CC3CC(CC(O)(C3)C1)C2)c1ccc(OC(F)F)cc1. The van der Waals surface area contributed by atoms with Crippen molar-refractivity contribution in [3.8, 4) is 5.75 Å². The highest BCUT2D eigenvalue weighted by Gasteiger charge is 2.60. The van der Waals surface area contributed by atoms with Crippen molar-refractivity contribution in [2.75, 3.05) is 6.61 Å². The first-order valence-electron chi connectivity index (χ1n) is 9.25. The Morgan fingerprint density at radius 1 is 1.11 bits per heavy atom. The first kappa shape index (κ1) is 18.3. The van der Waals surface area contributed by atoms with Gasteiger partial charge >= 0.3 is 12.6 Å². The Labute approximate surface area is 155 Å². The van der Waals surface area contributed by atoms with Crippen LogP contribution in [0, 0.1) is 17.3 Å². The fourth-order valence-corrected chi connectivity index (χ4v) is 5.64. The van der Waals surface area contributed by atoms with Crippen molar-refractivity contribution in [2.24, 2.45) is 17.3 Å². The molecule has 5 rings (SSSR count). The fraction of sp³-hybridized carbons (Fsp3) is 0.600. The summed E-state index contributed by atoms with van der Waals surface area (Å²) < 4.78 is 33.9. The van der Waals surface area contributed by atoms with Gasteiger partial charge < -0.3 is 14.6 Å². The zero-order chi connectivity index (χ0) is 19.2. The van der Waals surface area contributed by atoms with Gasteiger partial charge in [-0.15, -0.1) is 0 Å². The van der Waals surface area contributed by atoms with E-state index in [1.54, 1.807) is 0 Å². The van der Waals surface area contributed by atoms with E-state index in [0.717, 1.165) is 32.1 Å². The molecule has 4 fully saturated rings. The Morgan fingerprint density at radius 2 is 1.74 bits per heavy atom. The van der Waals surface area contributed by atoms with Crippen LogP contribution in [0.5, 0.6) is 5.75 Å². The molecule has 4 saturated carbocycles. The van der Waals surface area contributed by atoms with Crippen LogP contribution in [0.1, 0.15) is 48.9 Å². The molecule has 27 heavy (non-hydrogen) atoms. The zero-order valence-electron chi connectivity index (χ0n) is 14.8. The summed E-state index contributed by atoms with van der Waals surface area (Å²) in [6.45, 7) is -3.33. The van der Waals surface area contributed by atoms with Gasteiger partial charge in [0.05, 0.1) is 11.0 Å². The molecule has 1 aromatic rings. The summed E-state index contributed by atoms with van der Waals surface area (Å²) in [6.07, 6.45) is 4.43. The lowest BCUT2D eigenvalue weighted by Gasteiger charge is -2.58. The average Bonchev–Trinajstić information content (AvgIpc) is 2.57. The lowest BCUT2D eigenvalue weighted by molar-refractivity contribution is -0.195. The molecule has 0 radical (unpaired) electrons. The Morgan fingerprint density at radius 3 is 2.30 bits per heavy atom. The first-order valence-corrected chi connectivity index (χ1v) is 9.25. The number of hydrogen-bond donors (Lipinski definition) is 1. The number of ether oxygens (including phenoxy) is 2. The number of ketones is 1. The molecule has 5 nitrogen and oxygen atoms in total. The van der Waals surface area contributed by atoms with Crippen molar-refractivity contribution in [1.82, 2.24) is 0 Å². The molecule has 2 atom stereocenters. The second-order valence-electron chi connectivity index (χ2n) is 8.37. The molecule has 0 heterocycles. The normalized spacial score (nSPS) is 33.9. The average molecular weight is 380 g/mol. The molecule has 0 aromatic heterocycles. The molecule has 1 aromatic carbocycles. The second-order valence-corrected chi connectivity index (χ2v) is 8.37. The minimum atomic E-state index is -2.93. The molecule has 0 amide bonds. The maximum absolute atomic E-state index is 12.8. The van der Waals surface area contributed by atoms with Gasteiger partial charge in [-0.1, -0.05) is 0 Å². The predicted molar refractivity (Wildman–Crippen MR) is 90.4 cm³/mol. The van der Waals surface area contributed by atoms with Crippen molar-refractivity contribution in [3.05, 3.63) is 29.8 Å². The molecule has 0 saturated heterocycles. The van der Waals surface area contributed by atoms with Gasteiger partial charge in [-0.2, -0.15) is 8.78 Å². The standard InChI is InChI=1S/C20H22F2O5/c21-18(22)27-15-3-1-14(2-4-15)16(23)10-26-17(24)19-6-12-5-13(7-19)9-20(25,8-12)11-19/h1-4,12-13,18,25H,5-11H2. The van der Waals surface area contributed by atoms with Crippen molar-refractivity contribution >= 4 is 11.8 Å². The summed E-state index contributed by atoms with van der Waals surface area (Å²) in [5.74, 6) is -0.152. The molecule has 4 aliphatic rings. The van der Waals surface area contributed by atoms with Crippen molar-refractivity contribution in [3.63, 3.8) is 0 Å². The summed E-state index contributed by atoms with van der Waals surface area (Å²) in [6, 6.07) is 5.27. The Hall–Kier alpha value is -2.02. The van der Waals surface area contributed by atoms with E-state index in [4.69, 9.17) is 4.74 Å². The topological polar surface area (TPSA) is 72.8 Å². The van der Waals surface area contributed by atoms with Gasteiger partial charge in [0.15, 0.2) is 12.4 Å². The van der Waals surface area contributed by atoms with Crippen LogP contribution in [0.2, 0.25) is 0 Å². The maximum atomic E-state index is 12.8. The lowest BCUT2D eigenvalue weighted by atomic mass is 9.48. The van der Waals surface area contributed by atoms with Gasteiger partial charge in [-0.05, 0) is 74.6 Å². The third-order valence-electron chi connectivity index (χ3n) is 6.20. The van der Waals surface area contributed by atoms with E-state index in [2.05, 4.69) is 4.74 Å². The van der Waals surface area contributed by atoms with Crippen LogP contribution in [-0.2, 0) is 9.53 Å². The van der Waals surface area contributed by atoms with Gasteiger partial charge in [-0.25, -0.2) is 0 Å². The third kappa shape index (κ3) is 3.57. The third-order valence-corrected chi connectivity index (χ3v) is 6.20. The van der Waals surface area contributed by atoms with Crippen LogP contribution in [0.4, 0.5) is 8.78 Å². The molecule has 4 bridgehead atoms. The Kier molecular flexibility index (Phi) is 4.45. The number of hydrogen-bond acceptors (Lipinski definition) is 5. The van der Waals surface area contributed by atoms with Crippen LogP contribution in [0.25, 0.3) is 0 Å². The van der Waals surface area contributed by atoms with E-state index in [1.807, 2.05) is 0 Å². The van der Waals surface area contributed by atoms with Gasteiger partial charge in [0.2, 0.25) is 0 Å². The van der Waals surface area contributed by atoms with Crippen LogP contribution in [0.15, 0.2) is 24.3 Å². The summed E-state index contributed by atoms with van der Waals surface area (Å²) in [4.78, 5) is 25.0. The highest BCUT2D eigenvalue weighted by atomic mass is 19.3. The summed E-state index contributed by atoms with van der Waals surface area (Å²) in [7, 11) is 0. The minimum absolute atomic E-state index is 0.0413. The number of esters is 1. The van der Waals surface area contributed by atoms with Crippen LogP contribution in [0.3, 0.4) is 0 Å². The van der Waals surface area contributed by atoms with E-state index in [9.17, 15) is 23.5 Å². The summed E-state index contributed by atoms with van der Waals surface area (Å²) in [5, 5.41) is 10.7. The van der Waals surface area contributed by atoms with E-state index in [1.165, 1.54) is 24.3 Å². The number of halogens is 2. The van der Waals surface area contributed by atoms with E-state index in [-0.39, 0.29) is 11.3 Å². The fourth-order valence-electron chi connectivity index (χ4n) is 5.64. The predicted octanol–water partition coefficient (Wildman–Crippen LogP) is 3.35. The van der Waals surface area contributed by atoms with Gasteiger partial charge in [-0.3, -0.25) is 9.59 Å². The van der Waals surface area contributed by atoms with Crippen LogP contribution < -0.4 is 4.74 Å². The largest absolute Gasteiger partial charge is 0.457 e. The molecule has 0 spiro atoms. The second kappa shape index (κ2) is 6.55. The maximum Gasteiger partial charge on any atom is 0.387 e. The first-order chi connectivity index (χ1) is 12.8. The molecule has 4 aliphatic carbocycles. The number of Topliss-reactive ketones (excluding diaryl/α,β-unsaturated/α-hetero) is 1. The van der Waals surface area contributed by atoms with E-state index < -0.39 is 36.0 Å². The minimum Gasteiger partial charge on any atom is -0.457 e. The zero-order valence-corrected chi connectivity index (χ0v) is 14.8. The van der Waals surface area contributed by atoms with Crippen LogP contribution >= 0.6 is 0 Å². The highest BCUT2D eigenvalue weighted by molar-refractivity contribution is 5.98. The molecule has 146 valence electrons. The number of alkyl halides is 2. The lowest BCUT2D eigenvalue weighted by Crippen LogP contribution is -2.58. The van der Waals surface area contributed by atoms with E-state index >= 15 is 0 Å². The molecule has 7 heteroatoms. The van der Waals surface area contributed by atoms with Crippen molar-refractivity contribution in [1.29, 1.82) is 0 Å². The number of aliphatic hydroxyl groups is 1. The van der Waals surface area contributed by atoms with Crippen LogP contribution in [-0.4, -0.2) is 35.7 Å². The number of carbonyl (C=O) groups is 2. The highest BCUT2D eigenvalue weighted by Crippen LogP contribution is 2.61. The monoisotopic (exact) mass is 380 g/mol. The van der Waals surface area contributed by atoms with Crippen molar-refractivity contribution in [2.45, 2.75) is 50.7 Å². The number of carbonyl (C=O) groups excluding carboxylic acids is 2. The van der Waals surface area contributed by atoms with E-state index in [0.29, 0.717) is 18.3 Å². The van der Waals surface area contributed by atoms with Gasteiger partial charge in [0.25, 0.3) is 0 Å². The quantitative estimate of drug-likeness (QED) is 0.605. The number of rotatable bonds is 6. The van der Waals surface area contributed by atoms with Crippen molar-refractivity contribution < 1.29 is 33.0 Å². The van der Waals surface area contributed by atoms with Gasteiger partial charge in [0.1, 0.15) is 5.75 Å². The molecule has 0 aliphatic heterocycles.